The number of para-hydroxylation sites is 1. The first-order valence-corrected chi connectivity index (χ1v) is 10.9. The minimum atomic E-state index is -3.86. The van der Waals surface area contributed by atoms with Gasteiger partial charge in [-0.1, -0.05) is 36.4 Å². The molecule has 0 spiro atoms. The van der Waals surface area contributed by atoms with Gasteiger partial charge in [0, 0.05) is 12.2 Å². The van der Waals surface area contributed by atoms with E-state index in [9.17, 15) is 13.2 Å². The Kier molecular flexibility index (Phi) is 6.12. The third-order valence-electron chi connectivity index (χ3n) is 4.99. The lowest BCUT2D eigenvalue weighted by Crippen LogP contribution is -2.18. The quantitative estimate of drug-likeness (QED) is 0.571. The van der Waals surface area contributed by atoms with Gasteiger partial charge in [0.1, 0.15) is 16.5 Å². The van der Waals surface area contributed by atoms with Crippen molar-refractivity contribution >= 4 is 21.6 Å². The summed E-state index contributed by atoms with van der Waals surface area (Å²) in [4.78, 5) is 13.3. The number of sulfone groups is 1. The van der Waals surface area contributed by atoms with Crippen LogP contribution in [0, 0.1) is 13.8 Å². The topological polar surface area (TPSA) is 77.4 Å². The van der Waals surface area contributed by atoms with Gasteiger partial charge in [0.2, 0.25) is 9.84 Å². The van der Waals surface area contributed by atoms with Gasteiger partial charge in [-0.25, -0.2) is 8.42 Å². The van der Waals surface area contributed by atoms with Crippen LogP contribution in [0.25, 0.3) is 0 Å². The molecule has 0 bridgehead atoms. The molecule has 1 heterocycles. The van der Waals surface area contributed by atoms with Crippen molar-refractivity contribution in [2.45, 2.75) is 30.2 Å². The summed E-state index contributed by atoms with van der Waals surface area (Å²) in [6.45, 7) is 7.67. The molecule has 3 aromatic rings. The first-order chi connectivity index (χ1) is 14.3. The Morgan fingerprint density at radius 1 is 1.10 bits per heavy atom. The average molecular weight is 425 g/mol. The molecule has 6 nitrogen and oxygen atoms in total. The SMILES string of the molecule is C=CCn1c(C)c(C)c(S(=O)(=O)c2ccccc2)c1NC(=O)c1ccccc1OC. The Balaban J connectivity index is 2.19. The van der Waals surface area contributed by atoms with Crippen LogP contribution in [-0.4, -0.2) is 26.0 Å². The maximum Gasteiger partial charge on any atom is 0.260 e. The highest BCUT2D eigenvalue weighted by Gasteiger charge is 2.30. The summed E-state index contributed by atoms with van der Waals surface area (Å²) >= 11 is 0. The second-order valence-electron chi connectivity index (χ2n) is 6.76. The molecule has 0 aliphatic rings. The van der Waals surface area contributed by atoms with Crippen molar-refractivity contribution in [3.8, 4) is 5.75 Å². The normalized spacial score (nSPS) is 11.2. The summed E-state index contributed by atoms with van der Waals surface area (Å²) in [5, 5.41) is 2.81. The number of nitrogens with one attached hydrogen (secondary N) is 1. The van der Waals surface area contributed by atoms with Gasteiger partial charge in [-0.05, 0) is 43.7 Å². The molecule has 1 aromatic heterocycles. The van der Waals surface area contributed by atoms with Gasteiger partial charge in [-0.15, -0.1) is 6.58 Å². The molecule has 0 aliphatic carbocycles. The second kappa shape index (κ2) is 8.59. The van der Waals surface area contributed by atoms with Gasteiger partial charge in [-0.2, -0.15) is 0 Å². The zero-order chi connectivity index (χ0) is 21.9. The predicted octanol–water partition coefficient (Wildman–Crippen LogP) is 4.38. The monoisotopic (exact) mass is 424 g/mol. The molecule has 1 amide bonds. The number of carbonyl (C=O) groups is 1. The largest absolute Gasteiger partial charge is 0.496 e. The van der Waals surface area contributed by atoms with Crippen LogP contribution in [-0.2, 0) is 16.4 Å². The summed E-state index contributed by atoms with van der Waals surface area (Å²) in [6, 6.07) is 15.0. The molecule has 0 saturated carbocycles. The van der Waals surface area contributed by atoms with Gasteiger partial charge < -0.3 is 14.6 Å². The highest BCUT2D eigenvalue weighted by Crippen LogP contribution is 2.36. The highest BCUT2D eigenvalue weighted by atomic mass is 32.2. The lowest BCUT2D eigenvalue weighted by Gasteiger charge is -2.14. The third kappa shape index (κ3) is 3.76. The van der Waals surface area contributed by atoms with Crippen LogP contribution >= 0.6 is 0 Å². The van der Waals surface area contributed by atoms with Crippen molar-refractivity contribution in [2.75, 3.05) is 12.4 Å². The zero-order valence-electron chi connectivity index (χ0n) is 17.2. The van der Waals surface area contributed by atoms with Crippen molar-refractivity contribution in [3.63, 3.8) is 0 Å². The smallest absolute Gasteiger partial charge is 0.260 e. The molecular formula is C23H24N2O4S. The third-order valence-corrected chi connectivity index (χ3v) is 6.92. The van der Waals surface area contributed by atoms with E-state index in [2.05, 4.69) is 11.9 Å². The zero-order valence-corrected chi connectivity index (χ0v) is 18.0. The average Bonchev–Trinajstić information content (AvgIpc) is 2.99. The number of carbonyl (C=O) groups excluding carboxylic acids is 1. The Morgan fingerprint density at radius 3 is 2.37 bits per heavy atom. The summed E-state index contributed by atoms with van der Waals surface area (Å²) in [7, 11) is -2.39. The van der Waals surface area contributed by atoms with E-state index in [1.165, 1.54) is 7.11 Å². The summed E-state index contributed by atoms with van der Waals surface area (Å²) in [6.07, 6.45) is 1.66. The lowest BCUT2D eigenvalue weighted by molar-refractivity contribution is 0.102. The number of aromatic nitrogens is 1. The molecule has 0 radical (unpaired) electrons. The molecule has 156 valence electrons. The van der Waals surface area contributed by atoms with Crippen LogP contribution in [0.5, 0.6) is 5.75 Å². The van der Waals surface area contributed by atoms with Crippen molar-refractivity contribution in [1.29, 1.82) is 0 Å². The summed E-state index contributed by atoms with van der Waals surface area (Å²) in [5.74, 6) is 0.155. The van der Waals surface area contributed by atoms with E-state index in [4.69, 9.17) is 4.74 Å². The van der Waals surface area contributed by atoms with E-state index < -0.39 is 15.7 Å². The first-order valence-electron chi connectivity index (χ1n) is 9.38. The molecule has 2 aromatic carbocycles. The summed E-state index contributed by atoms with van der Waals surface area (Å²) in [5.41, 5.74) is 1.63. The van der Waals surface area contributed by atoms with Crippen molar-refractivity contribution in [3.05, 3.63) is 84.1 Å². The van der Waals surface area contributed by atoms with Crippen LogP contribution in [0.1, 0.15) is 21.6 Å². The molecular weight excluding hydrogens is 400 g/mol. The minimum Gasteiger partial charge on any atom is -0.496 e. The van der Waals surface area contributed by atoms with E-state index in [1.54, 1.807) is 72.2 Å². The molecule has 1 N–H and O–H groups in total. The van der Waals surface area contributed by atoms with Crippen LogP contribution in [0.3, 0.4) is 0 Å². The predicted molar refractivity (Wildman–Crippen MR) is 117 cm³/mol. The number of hydrogen-bond acceptors (Lipinski definition) is 4. The molecule has 3 rings (SSSR count). The van der Waals surface area contributed by atoms with Crippen molar-refractivity contribution < 1.29 is 17.9 Å². The fraction of sp³-hybridized carbons (Fsp3) is 0.174. The number of benzene rings is 2. The van der Waals surface area contributed by atoms with Gasteiger partial charge in [0.05, 0.1) is 17.6 Å². The van der Waals surface area contributed by atoms with E-state index in [-0.39, 0.29) is 15.6 Å². The molecule has 0 atom stereocenters. The number of anilines is 1. The number of allylic oxidation sites excluding steroid dienone is 1. The van der Waals surface area contributed by atoms with E-state index in [1.807, 2.05) is 6.92 Å². The maximum absolute atomic E-state index is 13.5. The van der Waals surface area contributed by atoms with E-state index in [0.717, 1.165) is 5.69 Å². The maximum atomic E-state index is 13.5. The fourth-order valence-electron chi connectivity index (χ4n) is 3.37. The van der Waals surface area contributed by atoms with Gasteiger partial charge in [0.25, 0.3) is 5.91 Å². The van der Waals surface area contributed by atoms with E-state index in [0.29, 0.717) is 23.4 Å². The number of amides is 1. The first kappa shape index (κ1) is 21.4. The van der Waals surface area contributed by atoms with Gasteiger partial charge in [0.15, 0.2) is 0 Å². The summed E-state index contributed by atoms with van der Waals surface area (Å²) < 4.78 is 34.0. The van der Waals surface area contributed by atoms with Crippen LogP contribution in [0.15, 0.2) is 77.0 Å². The fourth-order valence-corrected chi connectivity index (χ4v) is 5.09. The number of methoxy groups -OCH3 is 1. The second-order valence-corrected chi connectivity index (χ2v) is 8.64. The number of nitrogens with zero attached hydrogens (tertiary/aromatic N) is 1. The van der Waals surface area contributed by atoms with E-state index >= 15 is 0 Å². The Morgan fingerprint density at radius 2 is 1.73 bits per heavy atom. The van der Waals surface area contributed by atoms with Gasteiger partial charge in [-0.3, -0.25) is 4.79 Å². The molecule has 0 saturated heterocycles. The van der Waals surface area contributed by atoms with Crippen molar-refractivity contribution in [2.24, 2.45) is 0 Å². The Bertz CT molecular complexity index is 1200. The van der Waals surface area contributed by atoms with Crippen LogP contribution in [0.2, 0.25) is 0 Å². The number of hydrogen-bond donors (Lipinski definition) is 1. The molecule has 0 unspecified atom stereocenters. The number of rotatable bonds is 7. The standard InChI is InChI=1S/C23H24N2O4S/c1-5-15-25-17(3)16(2)21(30(27,28)18-11-7-6-8-12-18)22(25)24-23(26)19-13-9-10-14-20(19)29-4/h5-14H,1,15H2,2-4H3,(H,24,26). The molecule has 30 heavy (non-hydrogen) atoms. The van der Waals surface area contributed by atoms with Crippen LogP contribution < -0.4 is 10.1 Å². The Hall–Kier alpha value is -3.32. The molecule has 7 heteroatoms. The highest BCUT2D eigenvalue weighted by molar-refractivity contribution is 7.91. The minimum absolute atomic E-state index is 0.0799. The van der Waals surface area contributed by atoms with Gasteiger partial charge >= 0.3 is 0 Å². The van der Waals surface area contributed by atoms with Crippen molar-refractivity contribution in [1.82, 2.24) is 4.57 Å². The van der Waals surface area contributed by atoms with Crippen LogP contribution in [0.4, 0.5) is 5.82 Å². The molecule has 0 fully saturated rings. The molecule has 0 aliphatic heterocycles. The number of ether oxygens (including phenoxy) is 1. The Labute approximate surface area is 176 Å². The lowest BCUT2D eigenvalue weighted by atomic mass is 10.2.